The van der Waals surface area contributed by atoms with E-state index in [1.165, 1.54) is 28.7 Å². The molecule has 0 aliphatic rings. The lowest BCUT2D eigenvalue weighted by atomic mass is 10.5. The van der Waals surface area contributed by atoms with Gasteiger partial charge in [-0.2, -0.15) is 4.31 Å². The molecule has 1 aromatic rings. The highest BCUT2D eigenvalue weighted by Gasteiger charge is 2.25. The molecule has 0 spiro atoms. The standard InChI is InChI=1S/C11H14BrN3O2S/c1-3-5-15(6-4-2)18(16,17)10-7-9(12)8-14-11(10)13/h3-4,7-8H,1-2,5-6H2,(H2,13,14). The zero-order valence-corrected chi connectivity index (χ0v) is 12.1. The maximum atomic E-state index is 12.4. The van der Waals surface area contributed by atoms with Gasteiger partial charge >= 0.3 is 0 Å². The van der Waals surface area contributed by atoms with E-state index in [0.717, 1.165) is 0 Å². The monoisotopic (exact) mass is 331 g/mol. The van der Waals surface area contributed by atoms with Gasteiger partial charge in [0.2, 0.25) is 10.0 Å². The summed E-state index contributed by atoms with van der Waals surface area (Å²) in [5.41, 5.74) is 5.62. The maximum Gasteiger partial charge on any atom is 0.247 e. The number of sulfonamides is 1. The molecule has 0 aliphatic carbocycles. The Morgan fingerprint density at radius 3 is 2.44 bits per heavy atom. The van der Waals surface area contributed by atoms with Crippen LogP contribution >= 0.6 is 15.9 Å². The molecule has 1 heterocycles. The van der Waals surface area contributed by atoms with Gasteiger partial charge in [0.1, 0.15) is 10.7 Å². The van der Waals surface area contributed by atoms with Gasteiger partial charge in [0.15, 0.2) is 0 Å². The first-order valence-electron chi connectivity index (χ1n) is 5.06. The average Bonchev–Trinajstić information content (AvgIpc) is 2.32. The third-order valence-electron chi connectivity index (χ3n) is 2.13. The van der Waals surface area contributed by atoms with Gasteiger partial charge in [-0.05, 0) is 22.0 Å². The van der Waals surface area contributed by atoms with Crippen LogP contribution in [0.5, 0.6) is 0 Å². The number of nitrogen functional groups attached to an aromatic ring is 1. The molecule has 0 unspecified atom stereocenters. The predicted octanol–water partition coefficient (Wildman–Crippen LogP) is 1.79. The minimum Gasteiger partial charge on any atom is -0.383 e. The number of rotatable bonds is 6. The molecule has 7 heteroatoms. The molecule has 5 nitrogen and oxygen atoms in total. The number of nitrogens with zero attached hydrogens (tertiary/aromatic N) is 2. The zero-order valence-electron chi connectivity index (χ0n) is 9.71. The summed E-state index contributed by atoms with van der Waals surface area (Å²) in [4.78, 5) is 3.79. The molecule has 0 saturated carbocycles. The zero-order chi connectivity index (χ0) is 13.8. The lowest BCUT2D eigenvalue weighted by Gasteiger charge is -2.19. The van der Waals surface area contributed by atoms with Crippen molar-refractivity contribution in [2.75, 3.05) is 18.8 Å². The molecule has 18 heavy (non-hydrogen) atoms. The molecule has 0 aliphatic heterocycles. The Bertz CT molecular complexity index is 547. The van der Waals surface area contributed by atoms with Crippen molar-refractivity contribution in [3.8, 4) is 0 Å². The molecular weight excluding hydrogens is 318 g/mol. The first-order chi connectivity index (χ1) is 8.43. The quantitative estimate of drug-likeness (QED) is 0.806. The van der Waals surface area contributed by atoms with Crippen LogP contribution in [0.1, 0.15) is 0 Å². The third-order valence-corrected chi connectivity index (χ3v) is 4.43. The molecule has 2 N–H and O–H groups in total. The number of pyridine rings is 1. The van der Waals surface area contributed by atoms with Crippen molar-refractivity contribution in [3.63, 3.8) is 0 Å². The summed E-state index contributed by atoms with van der Waals surface area (Å²) in [5, 5.41) is 0. The van der Waals surface area contributed by atoms with Crippen molar-refractivity contribution in [3.05, 3.63) is 42.0 Å². The summed E-state index contributed by atoms with van der Waals surface area (Å²) < 4.78 is 26.5. The van der Waals surface area contributed by atoms with Gasteiger partial charge in [0.25, 0.3) is 0 Å². The predicted molar refractivity (Wildman–Crippen MR) is 75.5 cm³/mol. The average molecular weight is 332 g/mol. The fourth-order valence-electron chi connectivity index (χ4n) is 1.34. The van der Waals surface area contributed by atoms with E-state index in [0.29, 0.717) is 4.47 Å². The van der Waals surface area contributed by atoms with Crippen LogP contribution in [0.15, 0.2) is 46.9 Å². The van der Waals surface area contributed by atoms with Crippen molar-refractivity contribution in [2.24, 2.45) is 0 Å². The van der Waals surface area contributed by atoms with Crippen LogP contribution in [-0.4, -0.2) is 30.8 Å². The molecule has 0 amide bonds. The van der Waals surface area contributed by atoms with Crippen molar-refractivity contribution < 1.29 is 8.42 Å². The van der Waals surface area contributed by atoms with E-state index in [-0.39, 0.29) is 23.8 Å². The highest BCUT2D eigenvalue weighted by molar-refractivity contribution is 9.10. The van der Waals surface area contributed by atoms with Crippen molar-refractivity contribution in [2.45, 2.75) is 4.90 Å². The molecule has 1 aromatic heterocycles. The van der Waals surface area contributed by atoms with E-state index in [9.17, 15) is 8.42 Å². The van der Waals surface area contributed by atoms with E-state index >= 15 is 0 Å². The Labute approximate surface area is 115 Å². The van der Waals surface area contributed by atoms with E-state index in [1.54, 1.807) is 0 Å². The number of anilines is 1. The highest BCUT2D eigenvalue weighted by atomic mass is 79.9. The Morgan fingerprint density at radius 1 is 1.39 bits per heavy atom. The fraction of sp³-hybridized carbons (Fsp3) is 0.182. The molecule has 98 valence electrons. The molecule has 0 saturated heterocycles. The summed E-state index contributed by atoms with van der Waals surface area (Å²) in [6.45, 7) is 7.43. The second-order valence-electron chi connectivity index (χ2n) is 3.44. The van der Waals surface area contributed by atoms with Crippen molar-refractivity contribution in [1.82, 2.24) is 9.29 Å². The molecule has 0 radical (unpaired) electrons. The van der Waals surface area contributed by atoms with E-state index < -0.39 is 10.0 Å². The van der Waals surface area contributed by atoms with Gasteiger partial charge in [-0.1, -0.05) is 12.2 Å². The van der Waals surface area contributed by atoms with Crippen LogP contribution in [0.25, 0.3) is 0 Å². The van der Waals surface area contributed by atoms with Gasteiger partial charge in [0.05, 0.1) is 0 Å². The van der Waals surface area contributed by atoms with Gasteiger partial charge < -0.3 is 5.73 Å². The Hall–Kier alpha value is -1.18. The van der Waals surface area contributed by atoms with Crippen LogP contribution in [0.4, 0.5) is 5.82 Å². The number of nitrogens with two attached hydrogens (primary N) is 1. The van der Waals surface area contributed by atoms with Crippen molar-refractivity contribution >= 4 is 31.8 Å². The second-order valence-corrected chi connectivity index (χ2v) is 6.26. The first kappa shape index (κ1) is 14.9. The Balaban J connectivity index is 3.29. The van der Waals surface area contributed by atoms with Crippen molar-refractivity contribution in [1.29, 1.82) is 0 Å². The summed E-state index contributed by atoms with van der Waals surface area (Å²) in [6.07, 6.45) is 4.45. The van der Waals surface area contributed by atoms with Crippen LogP contribution in [-0.2, 0) is 10.0 Å². The minimum absolute atomic E-state index is 0.0272. The van der Waals surface area contributed by atoms with E-state index in [1.807, 2.05) is 0 Å². The second kappa shape index (κ2) is 6.12. The summed E-state index contributed by atoms with van der Waals surface area (Å²) in [6, 6.07) is 1.43. The number of hydrogen-bond acceptors (Lipinski definition) is 4. The lowest BCUT2D eigenvalue weighted by Crippen LogP contribution is -2.32. The largest absolute Gasteiger partial charge is 0.383 e. The minimum atomic E-state index is -3.71. The van der Waals surface area contributed by atoms with Crippen LogP contribution < -0.4 is 5.73 Å². The molecule has 1 rings (SSSR count). The molecule has 0 aromatic carbocycles. The number of hydrogen-bond donors (Lipinski definition) is 1. The van der Waals surface area contributed by atoms with Crippen LogP contribution in [0.2, 0.25) is 0 Å². The smallest absolute Gasteiger partial charge is 0.247 e. The number of halogens is 1. The fourth-order valence-corrected chi connectivity index (χ4v) is 3.29. The van der Waals surface area contributed by atoms with Crippen LogP contribution in [0.3, 0.4) is 0 Å². The van der Waals surface area contributed by atoms with Gasteiger partial charge in [-0.15, -0.1) is 13.2 Å². The Kier molecular flexibility index (Phi) is 5.06. The van der Waals surface area contributed by atoms with Gasteiger partial charge in [0, 0.05) is 23.8 Å². The van der Waals surface area contributed by atoms with E-state index in [2.05, 4.69) is 34.1 Å². The van der Waals surface area contributed by atoms with Gasteiger partial charge in [-0.3, -0.25) is 0 Å². The third kappa shape index (κ3) is 3.18. The number of aromatic nitrogens is 1. The summed E-state index contributed by atoms with van der Waals surface area (Å²) >= 11 is 3.17. The first-order valence-corrected chi connectivity index (χ1v) is 7.29. The van der Waals surface area contributed by atoms with Crippen LogP contribution in [0, 0.1) is 0 Å². The topological polar surface area (TPSA) is 76.3 Å². The molecule has 0 bridgehead atoms. The normalized spacial score (nSPS) is 11.4. The van der Waals surface area contributed by atoms with E-state index in [4.69, 9.17) is 5.73 Å². The van der Waals surface area contributed by atoms with Gasteiger partial charge in [-0.25, -0.2) is 13.4 Å². The molecular formula is C11H14BrN3O2S. The summed E-state index contributed by atoms with van der Waals surface area (Å²) in [5.74, 6) is -0.0312. The molecule has 0 fully saturated rings. The highest BCUT2D eigenvalue weighted by Crippen LogP contribution is 2.23. The molecule has 0 atom stereocenters. The summed E-state index contributed by atoms with van der Waals surface area (Å²) in [7, 11) is -3.71. The lowest BCUT2D eigenvalue weighted by molar-refractivity contribution is 0.474. The maximum absolute atomic E-state index is 12.4. The SMILES string of the molecule is C=CCN(CC=C)S(=O)(=O)c1cc(Br)cnc1N. The Morgan fingerprint density at radius 2 is 1.94 bits per heavy atom.